The van der Waals surface area contributed by atoms with Crippen molar-refractivity contribution in [3.05, 3.63) is 58.7 Å². The Bertz CT molecular complexity index is 989. The van der Waals surface area contributed by atoms with Crippen LogP contribution in [-0.2, 0) is 11.3 Å². The standard InChI is InChI=1S/C19H23N5O2/c1-12(2)17-20-9-10-24(17)13(3)19(26)23(4)11-16-21-15-8-6-5-7-14(15)18(25)22-16/h5-10,12-13H,11H2,1-4H3,(H,21,22,25). The number of nitrogens with zero attached hydrogens (tertiary/aromatic N) is 4. The number of carbonyl (C=O) groups is 1. The number of aromatic nitrogens is 4. The van der Waals surface area contributed by atoms with Crippen LogP contribution in [0.1, 0.15) is 44.4 Å². The molecule has 2 aromatic heterocycles. The number of nitrogens with one attached hydrogen (secondary N) is 1. The molecule has 1 unspecified atom stereocenters. The van der Waals surface area contributed by atoms with Gasteiger partial charge in [0.2, 0.25) is 5.91 Å². The van der Waals surface area contributed by atoms with Crippen LogP contribution in [0.25, 0.3) is 10.9 Å². The summed E-state index contributed by atoms with van der Waals surface area (Å²) in [5.74, 6) is 1.49. The molecular weight excluding hydrogens is 330 g/mol. The van der Waals surface area contributed by atoms with Gasteiger partial charge in [0, 0.05) is 25.4 Å². The minimum absolute atomic E-state index is 0.0688. The lowest BCUT2D eigenvalue weighted by molar-refractivity contribution is -0.133. The molecule has 1 atom stereocenters. The Balaban J connectivity index is 1.81. The summed E-state index contributed by atoms with van der Waals surface area (Å²) >= 11 is 0. The molecule has 3 rings (SSSR count). The molecule has 0 aliphatic rings. The van der Waals surface area contributed by atoms with Crippen molar-refractivity contribution in [2.45, 2.75) is 39.3 Å². The monoisotopic (exact) mass is 353 g/mol. The molecule has 0 spiro atoms. The molecule has 0 aliphatic carbocycles. The molecule has 0 saturated heterocycles. The Kier molecular flexibility index (Phi) is 4.88. The fourth-order valence-corrected chi connectivity index (χ4v) is 3.05. The number of fused-ring (bicyclic) bond motifs is 1. The summed E-state index contributed by atoms with van der Waals surface area (Å²) in [6, 6.07) is 6.77. The molecule has 2 heterocycles. The fraction of sp³-hybridized carbons (Fsp3) is 0.368. The Morgan fingerprint density at radius 1 is 1.27 bits per heavy atom. The summed E-state index contributed by atoms with van der Waals surface area (Å²) in [4.78, 5) is 38.1. The van der Waals surface area contributed by atoms with Gasteiger partial charge in [0.25, 0.3) is 5.56 Å². The number of imidazole rings is 1. The van der Waals surface area contributed by atoms with Crippen LogP contribution in [0.2, 0.25) is 0 Å². The van der Waals surface area contributed by atoms with E-state index in [-0.39, 0.29) is 30.0 Å². The van der Waals surface area contributed by atoms with Crippen LogP contribution in [0.5, 0.6) is 0 Å². The molecule has 0 radical (unpaired) electrons. The van der Waals surface area contributed by atoms with Gasteiger partial charge < -0.3 is 14.5 Å². The van der Waals surface area contributed by atoms with E-state index in [0.717, 1.165) is 5.82 Å². The van der Waals surface area contributed by atoms with Gasteiger partial charge in [-0.05, 0) is 19.1 Å². The summed E-state index contributed by atoms with van der Waals surface area (Å²) in [6.45, 7) is 6.17. The van der Waals surface area contributed by atoms with Crippen LogP contribution in [0, 0.1) is 0 Å². The highest BCUT2D eigenvalue weighted by molar-refractivity contribution is 5.80. The van der Waals surface area contributed by atoms with Crippen molar-refractivity contribution in [1.82, 2.24) is 24.4 Å². The number of H-pyrrole nitrogens is 1. The summed E-state index contributed by atoms with van der Waals surface area (Å²) in [6.07, 6.45) is 3.53. The molecule has 1 amide bonds. The van der Waals surface area contributed by atoms with Crippen molar-refractivity contribution < 1.29 is 4.79 Å². The van der Waals surface area contributed by atoms with E-state index in [1.165, 1.54) is 0 Å². The van der Waals surface area contributed by atoms with Crippen molar-refractivity contribution >= 4 is 16.8 Å². The van der Waals surface area contributed by atoms with E-state index in [1.807, 2.05) is 37.6 Å². The van der Waals surface area contributed by atoms with Gasteiger partial charge in [0.15, 0.2) is 0 Å². The highest BCUT2D eigenvalue weighted by atomic mass is 16.2. The molecule has 26 heavy (non-hydrogen) atoms. The third-order valence-corrected chi connectivity index (χ3v) is 4.41. The van der Waals surface area contributed by atoms with E-state index in [2.05, 4.69) is 15.0 Å². The smallest absolute Gasteiger partial charge is 0.258 e. The largest absolute Gasteiger partial charge is 0.336 e. The lowest BCUT2D eigenvalue weighted by atomic mass is 10.2. The molecular formula is C19H23N5O2. The Morgan fingerprint density at radius 2 is 2.00 bits per heavy atom. The van der Waals surface area contributed by atoms with E-state index < -0.39 is 0 Å². The molecule has 3 aromatic rings. The quantitative estimate of drug-likeness (QED) is 0.764. The van der Waals surface area contributed by atoms with E-state index in [9.17, 15) is 9.59 Å². The van der Waals surface area contributed by atoms with Crippen LogP contribution in [-0.4, -0.2) is 37.4 Å². The molecule has 7 nitrogen and oxygen atoms in total. The predicted molar refractivity (Wildman–Crippen MR) is 99.9 cm³/mol. The summed E-state index contributed by atoms with van der Waals surface area (Å²) in [7, 11) is 1.71. The first-order chi connectivity index (χ1) is 12.4. The molecule has 1 aromatic carbocycles. The lowest BCUT2D eigenvalue weighted by Crippen LogP contribution is -2.34. The van der Waals surface area contributed by atoms with Gasteiger partial charge in [-0.25, -0.2) is 9.97 Å². The Hall–Kier alpha value is -2.96. The van der Waals surface area contributed by atoms with E-state index in [1.54, 1.807) is 36.3 Å². The molecule has 0 fully saturated rings. The molecule has 0 saturated carbocycles. The van der Waals surface area contributed by atoms with Crippen molar-refractivity contribution in [1.29, 1.82) is 0 Å². The van der Waals surface area contributed by atoms with E-state index >= 15 is 0 Å². The van der Waals surface area contributed by atoms with Gasteiger partial charge in [-0.1, -0.05) is 26.0 Å². The van der Waals surface area contributed by atoms with Crippen LogP contribution >= 0.6 is 0 Å². The number of para-hydroxylation sites is 1. The zero-order valence-electron chi connectivity index (χ0n) is 15.4. The fourth-order valence-electron chi connectivity index (χ4n) is 3.05. The second-order valence-corrected chi connectivity index (χ2v) is 6.75. The summed E-state index contributed by atoms with van der Waals surface area (Å²) in [5, 5.41) is 0.540. The maximum atomic E-state index is 12.8. The number of hydrogen-bond donors (Lipinski definition) is 1. The third-order valence-electron chi connectivity index (χ3n) is 4.41. The first kappa shape index (κ1) is 17.8. The second-order valence-electron chi connectivity index (χ2n) is 6.75. The third kappa shape index (κ3) is 3.37. The van der Waals surface area contributed by atoms with Gasteiger partial charge in [-0.3, -0.25) is 9.59 Å². The topological polar surface area (TPSA) is 83.9 Å². The molecule has 0 bridgehead atoms. The average molecular weight is 353 g/mol. The maximum absolute atomic E-state index is 12.8. The van der Waals surface area contributed by atoms with Gasteiger partial charge in [-0.2, -0.15) is 0 Å². The first-order valence-electron chi connectivity index (χ1n) is 8.64. The van der Waals surface area contributed by atoms with Crippen molar-refractivity contribution in [2.24, 2.45) is 0 Å². The number of rotatable bonds is 5. The van der Waals surface area contributed by atoms with Crippen molar-refractivity contribution in [2.75, 3.05) is 7.05 Å². The summed E-state index contributed by atoms with van der Waals surface area (Å²) < 4.78 is 1.89. The predicted octanol–water partition coefficient (Wildman–Crippen LogP) is 2.46. The van der Waals surface area contributed by atoms with Crippen molar-refractivity contribution in [3.8, 4) is 0 Å². The maximum Gasteiger partial charge on any atom is 0.258 e. The van der Waals surface area contributed by atoms with Crippen LogP contribution in [0.3, 0.4) is 0 Å². The zero-order valence-corrected chi connectivity index (χ0v) is 15.4. The van der Waals surface area contributed by atoms with Gasteiger partial charge in [0.1, 0.15) is 17.7 Å². The van der Waals surface area contributed by atoms with Crippen LogP contribution in [0.15, 0.2) is 41.5 Å². The van der Waals surface area contributed by atoms with Gasteiger partial charge in [0.05, 0.1) is 17.4 Å². The zero-order chi connectivity index (χ0) is 18.8. The number of amides is 1. The van der Waals surface area contributed by atoms with Crippen LogP contribution in [0.4, 0.5) is 0 Å². The molecule has 136 valence electrons. The number of benzene rings is 1. The van der Waals surface area contributed by atoms with Gasteiger partial charge in [-0.15, -0.1) is 0 Å². The Labute approximate surface area is 151 Å². The number of hydrogen-bond acceptors (Lipinski definition) is 4. The van der Waals surface area contributed by atoms with Gasteiger partial charge >= 0.3 is 0 Å². The highest BCUT2D eigenvalue weighted by Gasteiger charge is 2.23. The average Bonchev–Trinajstić information content (AvgIpc) is 3.10. The lowest BCUT2D eigenvalue weighted by Gasteiger charge is -2.23. The first-order valence-corrected chi connectivity index (χ1v) is 8.64. The second kappa shape index (κ2) is 7.11. The van der Waals surface area contributed by atoms with E-state index in [0.29, 0.717) is 16.7 Å². The minimum atomic E-state index is -0.382. The highest BCUT2D eigenvalue weighted by Crippen LogP contribution is 2.19. The number of carbonyl (C=O) groups excluding carboxylic acids is 1. The molecule has 7 heteroatoms. The normalized spacial score (nSPS) is 12.5. The van der Waals surface area contributed by atoms with Crippen molar-refractivity contribution in [3.63, 3.8) is 0 Å². The molecule has 1 N–H and O–H groups in total. The number of likely N-dealkylation sites (N-methyl/N-ethyl adjacent to an activating group) is 1. The van der Waals surface area contributed by atoms with Crippen LogP contribution < -0.4 is 5.56 Å². The van der Waals surface area contributed by atoms with E-state index in [4.69, 9.17) is 0 Å². The Morgan fingerprint density at radius 3 is 2.73 bits per heavy atom. The number of aromatic amines is 1. The minimum Gasteiger partial charge on any atom is -0.336 e. The SMILES string of the molecule is CC(C)c1nccn1C(C)C(=O)N(C)Cc1nc2ccccc2c(=O)[nH]1. The summed E-state index contributed by atoms with van der Waals surface area (Å²) in [5.41, 5.74) is 0.424. The molecule has 0 aliphatic heterocycles.